The minimum Gasteiger partial charge on any atom is -0.324 e. The van der Waals surface area contributed by atoms with Gasteiger partial charge in [-0.05, 0) is 49.2 Å². The van der Waals surface area contributed by atoms with E-state index in [-0.39, 0.29) is 11.4 Å². The highest BCUT2D eigenvalue weighted by atomic mass is 19.1. The van der Waals surface area contributed by atoms with Gasteiger partial charge in [0.25, 0.3) is 5.91 Å². The zero-order valence-electron chi connectivity index (χ0n) is 13.9. The van der Waals surface area contributed by atoms with Gasteiger partial charge in [0.05, 0.1) is 5.69 Å². The van der Waals surface area contributed by atoms with E-state index in [1.165, 1.54) is 24.4 Å². The fraction of sp³-hybridized carbons (Fsp3) is 0.105. The molecule has 3 aromatic rings. The summed E-state index contributed by atoms with van der Waals surface area (Å²) < 4.78 is 13.7. The fourth-order valence-electron chi connectivity index (χ4n) is 2.29. The lowest BCUT2D eigenvalue weighted by Gasteiger charge is -2.10. The lowest BCUT2D eigenvalue weighted by Crippen LogP contribution is -2.15. The Bertz CT molecular complexity index is 927. The van der Waals surface area contributed by atoms with E-state index >= 15 is 0 Å². The predicted octanol–water partition coefficient (Wildman–Crippen LogP) is 4.23. The van der Waals surface area contributed by atoms with Crippen LogP contribution in [-0.4, -0.2) is 15.9 Å². The third-order valence-electron chi connectivity index (χ3n) is 3.65. The number of hydrogen-bond acceptors (Lipinski definition) is 4. The molecule has 126 valence electrons. The first-order chi connectivity index (χ1) is 12.0. The number of hydrogen-bond donors (Lipinski definition) is 2. The highest BCUT2D eigenvalue weighted by Crippen LogP contribution is 2.20. The molecular formula is C19H17FN4O. The van der Waals surface area contributed by atoms with E-state index in [4.69, 9.17) is 0 Å². The van der Waals surface area contributed by atoms with Crippen LogP contribution in [0.3, 0.4) is 0 Å². The van der Waals surface area contributed by atoms with E-state index in [1.807, 2.05) is 32.0 Å². The number of rotatable bonds is 4. The summed E-state index contributed by atoms with van der Waals surface area (Å²) >= 11 is 0. The average Bonchev–Trinajstić information content (AvgIpc) is 2.60. The summed E-state index contributed by atoms with van der Waals surface area (Å²) in [5.41, 5.74) is 3.25. The third kappa shape index (κ3) is 3.98. The molecule has 0 aliphatic carbocycles. The predicted molar refractivity (Wildman–Crippen MR) is 95.6 cm³/mol. The summed E-state index contributed by atoms with van der Waals surface area (Å²) in [7, 11) is 0. The number of nitrogens with zero attached hydrogens (tertiary/aromatic N) is 2. The molecular weight excluding hydrogens is 319 g/mol. The average molecular weight is 336 g/mol. The van der Waals surface area contributed by atoms with Crippen molar-refractivity contribution in [1.82, 2.24) is 9.97 Å². The van der Waals surface area contributed by atoms with Gasteiger partial charge in [-0.15, -0.1) is 0 Å². The monoisotopic (exact) mass is 336 g/mol. The molecule has 5 nitrogen and oxygen atoms in total. The number of amides is 1. The summed E-state index contributed by atoms with van der Waals surface area (Å²) in [5, 5.41) is 5.61. The number of nitrogens with one attached hydrogen (secondary N) is 2. The van der Waals surface area contributed by atoms with Crippen LogP contribution >= 0.6 is 0 Å². The van der Waals surface area contributed by atoms with Crippen LogP contribution in [0.15, 0.2) is 54.7 Å². The molecule has 3 rings (SSSR count). The summed E-state index contributed by atoms with van der Waals surface area (Å²) in [6, 6.07) is 13.4. The zero-order valence-corrected chi connectivity index (χ0v) is 13.9. The SMILES string of the molecule is Cc1ccc(C)c(Nc2nccc(C(=O)Nc3ccccc3F)n2)c1. The normalized spacial score (nSPS) is 10.4. The van der Waals surface area contributed by atoms with Gasteiger partial charge in [-0.2, -0.15) is 0 Å². The number of benzene rings is 2. The maximum atomic E-state index is 13.7. The van der Waals surface area contributed by atoms with Gasteiger partial charge in [0.1, 0.15) is 11.5 Å². The van der Waals surface area contributed by atoms with Crippen molar-refractivity contribution in [1.29, 1.82) is 0 Å². The molecule has 0 atom stereocenters. The Morgan fingerprint density at radius 3 is 2.64 bits per heavy atom. The van der Waals surface area contributed by atoms with Gasteiger partial charge in [0, 0.05) is 11.9 Å². The smallest absolute Gasteiger partial charge is 0.274 e. The minimum absolute atomic E-state index is 0.107. The quantitative estimate of drug-likeness (QED) is 0.748. The van der Waals surface area contributed by atoms with Crippen LogP contribution in [0.4, 0.5) is 21.7 Å². The zero-order chi connectivity index (χ0) is 17.8. The molecule has 0 fully saturated rings. The number of aryl methyl sites for hydroxylation is 2. The van der Waals surface area contributed by atoms with Crippen LogP contribution in [-0.2, 0) is 0 Å². The van der Waals surface area contributed by atoms with Crippen LogP contribution in [0.2, 0.25) is 0 Å². The molecule has 6 heteroatoms. The Balaban J connectivity index is 1.80. The fourth-order valence-corrected chi connectivity index (χ4v) is 2.29. The minimum atomic E-state index is -0.503. The Morgan fingerprint density at radius 2 is 1.84 bits per heavy atom. The van der Waals surface area contributed by atoms with Crippen LogP contribution in [0.25, 0.3) is 0 Å². The topological polar surface area (TPSA) is 66.9 Å². The van der Waals surface area contributed by atoms with Gasteiger partial charge in [0.15, 0.2) is 0 Å². The van der Waals surface area contributed by atoms with Crippen molar-refractivity contribution in [3.63, 3.8) is 0 Å². The Kier molecular flexibility index (Phi) is 4.70. The second-order valence-electron chi connectivity index (χ2n) is 5.64. The Morgan fingerprint density at radius 1 is 1.04 bits per heavy atom. The first-order valence-electron chi connectivity index (χ1n) is 7.76. The molecule has 0 aliphatic rings. The second kappa shape index (κ2) is 7.09. The Labute approximate surface area is 145 Å². The van der Waals surface area contributed by atoms with Crippen molar-refractivity contribution < 1.29 is 9.18 Å². The van der Waals surface area contributed by atoms with Crippen molar-refractivity contribution in [2.75, 3.05) is 10.6 Å². The van der Waals surface area contributed by atoms with Crippen LogP contribution < -0.4 is 10.6 Å². The molecule has 0 unspecified atom stereocenters. The van der Waals surface area contributed by atoms with Gasteiger partial charge < -0.3 is 10.6 Å². The summed E-state index contributed by atoms with van der Waals surface area (Å²) in [6.07, 6.45) is 1.48. The number of carbonyl (C=O) groups excluding carboxylic acids is 1. The number of halogens is 1. The van der Waals surface area contributed by atoms with E-state index in [0.717, 1.165) is 16.8 Å². The van der Waals surface area contributed by atoms with E-state index < -0.39 is 11.7 Å². The number of para-hydroxylation sites is 1. The molecule has 0 bridgehead atoms. The molecule has 1 aromatic heterocycles. The molecule has 0 saturated carbocycles. The second-order valence-corrected chi connectivity index (χ2v) is 5.64. The van der Waals surface area contributed by atoms with Gasteiger partial charge in [-0.3, -0.25) is 4.79 Å². The molecule has 0 spiro atoms. The van der Waals surface area contributed by atoms with Crippen LogP contribution in [0, 0.1) is 19.7 Å². The maximum absolute atomic E-state index is 13.7. The highest BCUT2D eigenvalue weighted by molar-refractivity contribution is 6.03. The molecule has 0 radical (unpaired) electrons. The number of carbonyl (C=O) groups is 1. The number of aromatic nitrogens is 2. The number of anilines is 3. The van der Waals surface area contributed by atoms with E-state index in [0.29, 0.717) is 5.95 Å². The molecule has 2 aromatic carbocycles. The van der Waals surface area contributed by atoms with Crippen molar-refractivity contribution >= 4 is 23.2 Å². The summed E-state index contributed by atoms with van der Waals surface area (Å²) in [5.74, 6) is -0.704. The molecule has 0 saturated heterocycles. The third-order valence-corrected chi connectivity index (χ3v) is 3.65. The van der Waals surface area contributed by atoms with Gasteiger partial charge in [0.2, 0.25) is 5.95 Å². The summed E-state index contributed by atoms with van der Waals surface area (Å²) in [4.78, 5) is 20.6. The molecule has 1 amide bonds. The van der Waals surface area contributed by atoms with E-state index in [2.05, 4.69) is 20.6 Å². The first kappa shape index (κ1) is 16.6. The van der Waals surface area contributed by atoms with Crippen molar-refractivity contribution in [3.05, 3.63) is 77.4 Å². The molecule has 25 heavy (non-hydrogen) atoms. The largest absolute Gasteiger partial charge is 0.324 e. The van der Waals surface area contributed by atoms with Gasteiger partial charge in [-0.1, -0.05) is 24.3 Å². The molecule has 2 N–H and O–H groups in total. The lowest BCUT2D eigenvalue weighted by molar-refractivity contribution is 0.102. The van der Waals surface area contributed by atoms with Gasteiger partial charge >= 0.3 is 0 Å². The van der Waals surface area contributed by atoms with Crippen molar-refractivity contribution in [2.24, 2.45) is 0 Å². The molecule has 0 aliphatic heterocycles. The Hall–Kier alpha value is -3.28. The highest BCUT2D eigenvalue weighted by Gasteiger charge is 2.12. The molecule has 1 heterocycles. The first-order valence-corrected chi connectivity index (χ1v) is 7.76. The van der Waals surface area contributed by atoms with Crippen molar-refractivity contribution in [3.8, 4) is 0 Å². The standard InChI is InChI=1S/C19H17FN4O/c1-12-7-8-13(2)17(11-12)24-19-21-10-9-16(23-19)18(25)22-15-6-4-3-5-14(15)20/h3-11H,1-2H3,(H,22,25)(H,21,23,24). The maximum Gasteiger partial charge on any atom is 0.274 e. The summed E-state index contributed by atoms with van der Waals surface area (Å²) in [6.45, 7) is 3.96. The van der Waals surface area contributed by atoms with Crippen LogP contribution in [0.5, 0.6) is 0 Å². The van der Waals surface area contributed by atoms with Crippen molar-refractivity contribution in [2.45, 2.75) is 13.8 Å². The van der Waals surface area contributed by atoms with E-state index in [1.54, 1.807) is 12.1 Å². The van der Waals surface area contributed by atoms with Gasteiger partial charge in [-0.25, -0.2) is 14.4 Å². The van der Waals surface area contributed by atoms with Crippen LogP contribution in [0.1, 0.15) is 21.6 Å². The lowest BCUT2D eigenvalue weighted by atomic mass is 10.1. The van der Waals surface area contributed by atoms with E-state index in [9.17, 15) is 9.18 Å².